The van der Waals surface area contributed by atoms with E-state index in [0.717, 1.165) is 46.7 Å². The summed E-state index contributed by atoms with van der Waals surface area (Å²) in [7, 11) is 4.14. The van der Waals surface area contributed by atoms with Crippen LogP contribution in [0.1, 0.15) is 6.42 Å². The summed E-state index contributed by atoms with van der Waals surface area (Å²) in [5, 5.41) is 6.69. The Morgan fingerprint density at radius 3 is 2.59 bits per heavy atom. The van der Waals surface area contributed by atoms with Gasteiger partial charge in [0.15, 0.2) is 0 Å². The van der Waals surface area contributed by atoms with Crippen molar-refractivity contribution in [2.24, 2.45) is 0 Å². The highest BCUT2D eigenvalue weighted by Gasteiger charge is 2.07. The van der Waals surface area contributed by atoms with Crippen LogP contribution in [0.4, 0.5) is 17.5 Å². The van der Waals surface area contributed by atoms with E-state index >= 15 is 0 Å². The second-order valence-electron chi connectivity index (χ2n) is 6.42. The Hall–Kier alpha value is -2.51. The maximum absolute atomic E-state index is 4.67. The minimum atomic E-state index is 0.612. The van der Waals surface area contributed by atoms with Gasteiger partial charge in [-0.3, -0.25) is 4.98 Å². The summed E-state index contributed by atoms with van der Waals surface area (Å²) < 4.78 is 1.01. The molecule has 0 fully saturated rings. The van der Waals surface area contributed by atoms with Gasteiger partial charge in [-0.05, 0) is 57.4 Å². The van der Waals surface area contributed by atoms with Crippen LogP contribution >= 0.6 is 15.9 Å². The predicted octanol–water partition coefficient (Wildman–Crippen LogP) is 4.41. The van der Waals surface area contributed by atoms with Crippen molar-refractivity contribution in [2.75, 3.05) is 37.8 Å². The highest BCUT2D eigenvalue weighted by atomic mass is 79.9. The third-order valence-electron chi connectivity index (χ3n) is 3.86. The SMILES string of the molecule is CN(C)CCCNc1nc(Nc2cccc(Br)c2)cc(-c2ccncc2)n1. The van der Waals surface area contributed by atoms with Crippen molar-refractivity contribution >= 4 is 33.4 Å². The maximum atomic E-state index is 4.67. The van der Waals surface area contributed by atoms with Crippen LogP contribution in [0.3, 0.4) is 0 Å². The average Bonchev–Trinajstić information content (AvgIpc) is 2.66. The molecule has 2 heterocycles. The lowest BCUT2D eigenvalue weighted by atomic mass is 10.2. The van der Waals surface area contributed by atoms with Gasteiger partial charge in [-0.15, -0.1) is 0 Å². The predicted molar refractivity (Wildman–Crippen MR) is 114 cm³/mol. The largest absolute Gasteiger partial charge is 0.354 e. The molecule has 0 aliphatic carbocycles. The molecular weight excluding hydrogens is 404 g/mol. The molecule has 0 unspecified atom stereocenters. The molecule has 140 valence electrons. The second kappa shape index (κ2) is 9.43. The molecule has 0 radical (unpaired) electrons. The molecule has 27 heavy (non-hydrogen) atoms. The van der Waals surface area contributed by atoms with Gasteiger partial charge in [0.05, 0.1) is 5.69 Å². The zero-order valence-electron chi connectivity index (χ0n) is 15.5. The lowest BCUT2D eigenvalue weighted by Crippen LogP contribution is -2.17. The van der Waals surface area contributed by atoms with E-state index in [0.29, 0.717) is 5.95 Å². The number of rotatable bonds is 8. The number of aromatic nitrogens is 3. The van der Waals surface area contributed by atoms with Crippen LogP contribution in [0, 0.1) is 0 Å². The molecular formula is C20H23BrN6. The fourth-order valence-corrected chi connectivity index (χ4v) is 2.97. The van der Waals surface area contributed by atoms with Gasteiger partial charge in [-0.1, -0.05) is 22.0 Å². The Morgan fingerprint density at radius 1 is 1.04 bits per heavy atom. The summed E-state index contributed by atoms with van der Waals surface area (Å²) in [5.41, 5.74) is 2.81. The summed E-state index contributed by atoms with van der Waals surface area (Å²) in [6.45, 7) is 1.83. The molecule has 0 spiro atoms. The van der Waals surface area contributed by atoms with E-state index in [1.54, 1.807) is 12.4 Å². The Morgan fingerprint density at radius 2 is 1.85 bits per heavy atom. The molecule has 3 rings (SSSR count). The van der Waals surface area contributed by atoms with Crippen molar-refractivity contribution in [1.29, 1.82) is 0 Å². The number of pyridine rings is 1. The number of nitrogens with one attached hydrogen (secondary N) is 2. The summed E-state index contributed by atoms with van der Waals surface area (Å²) >= 11 is 3.50. The lowest BCUT2D eigenvalue weighted by molar-refractivity contribution is 0.405. The van der Waals surface area contributed by atoms with E-state index in [1.165, 1.54) is 0 Å². The maximum Gasteiger partial charge on any atom is 0.225 e. The number of hydrogen-bond acceptors (Lipinski definition) is 6. The number of anilines is 3. The van der Waals surface area contributed by atoms with Crippen molar-refractivity contribution in [3.63, 3.8) is 0 Å². The molecule has 1 aromatic carbocycles. The summed E-state index contributed by atoms with van der Waals surface area (Å²) in [6, 6.07) is 13.8. The minimum absolute atomic E-state index is 0.612. The zero-order chi connectivity index (χ0) is 19.1. The molecule has 2 aromatic heterocycles. The van der Waals surface area contributed by atoms with Crippen molar-refractivity contribution in [1.82, 2.24) is 19.9 Å². The van der Waals surface area contributed by atoms with Crippen LogP contribution in [0.2, 0.25) is 0 Å². The molecule has 0 saturated heterocycles. The molecule has 7 heteroatoms. The Labute approximate surface area is 168 Å². The molecule has 0 amide bonds. The molecule has 0 atom stereocenters. The Balaban J connectivity index is 1.83. The molecule has 0 bridgehead atoms. The quantitative estimate of drug-likeness (QED) is 0.520. The fraction of sp³-hybridized carbons (Fsp3) is 0.250. The Kier molecular flexibility index (Phi) is 6.73. The zero-order valence-corrected chi connectivity index (χ0v) is 17.1. The van der Waals surface area contributed by atoms with Gasteiger partial charge in [0, 0.05) is 40.7 Å². The van der Waals surface area contributed by atoms with Crippen LogP contribution in [-0.4, -0.2) is 47.0 Å². The van der Waals surface area contributed by atoms with Crippen molar-refractivity contribution in [2.45, 2.75) is 6.42 Å². The van der Waals surface area contributed by atoms with Crippen LogP contribution in [0.15, 0.2) is 59.3 Å². The number of hydrogen-bond donors (Lipinski definition) is 2. The molecule has 6 nitrogen and oxygen atoms in total. The van der Waals surface area contributed by atoms with Gasteiger partial charge >= 0.3 is 0 Å². The van der Waals surface area contributed by atoms with E-state index in [-0.39, 0.29) is 0 Å². The number of halogens is 1. The van der Waals surface area contributed by atoms with Gasteiger partial charge in [-0.2, -0.15) is 4.98 Å². The van der Waals surface area contributed by atoms with Gasteiger partial charge < -0.3 is 15.5 Å². The molecule has 0 aliphatic rings. The summed E-state index contributed by atoms with van der Waals surface area (Å²) in [4.78, 5) is 15.5. The van der Waals surface area contributed by atoms with Gasteiger partial charge in [-0.25, -0.2) is 4.98 Å². The highest BCUT2D eigenvalue weighted by molar-refractivity contribution is 9.10. The normalized spacial score (nSPS) is 10.8. The van der Waals surface area contributed by atoms with E-state index in [4.69, 9.17) is 0 Å². The minimum Gasteiger partial charge on any atom is -0.354 e. The monoisotopic (exact) mass is 426 g/mol. The lowest BCUT2D eigenvalue weighted by Gasteiger charge is -2.13. The highest BCUT2D eigenvalue weighted by Crippen LogP contribution is 2.24. The molecule has 0 saturated carbocycles. The van der Waals surface area contributed by atoms with Crippen molar-refractivity contribution in [3.8, 4) is 11.3 Å². The van der Waals surface area contributed by atoms with Crippen LogP contribution in [0.25, 0.3) is 11.3 Å². The first-order valence-corrected chi connectivity index (χ1v) is 9.60. The number of benzene rings is 1. The molecule has 2 N–H and O–H groups in total. The molecule has 3 aromatic rings. The van der Waals surface area contributed by atoms with Gasteiger partial charge in [0.1, 0.15) is 5.82 Å². The average molecular weight is 427 g/mol. The van der Waals surface area contributed by atoms with Crippen molar-refractivity contribution in [3.05, 3.63) is 59.3 Å². The van der Waals surface area contributed by atoms with E-state index in [1.807, 2.05) is 42.5 Å². The van der Waals surface area contributed by atoms with Crippen LogP contribution in [-0.2, 0) is 0 Å². The first kappa shape index (κ1) is 19.3. The smallest absolute Gasteiger partial charge is 0.225 e. The summed E-state index contributed by atoms with van der Waals surface area (Å²) in [5.74, 6) is 1.35. The standard InChI is InChI=1S/C20H23BrN6/c1-27(2)12-4-9-23-20-25-18(15-7-10-22-11-8-15)14-19(26-20)24-17-6-3-5-16(21)13-17/h3,5-8,10-11,13-14H,4,9,12H2,1-2H3,(H2,23,24,25,26). The van der Waals surface area contributed by atoms with Gasteiger partial charge in [0.2, 0.25) is 5.95 Å². The fourth-order valence-electron chi connectivity index (χ4n) is 2.57. The number of nitrogens with zero attached hydrogens (tertiary/aromatic N) is 4. The van der Waals surface area contributed by atoms with Crippen molar-refractivity contribution < 1.29 is 0 Å². The third kappa shape index (κ3) is 6.01. The summed E-state index contributed by atoms with van der Waals surface area (Å²) in [6.07, 6.45) is 4.55. The van der Waals surface area contributed by atoms with E-state index in [2.05, 4.69) is 60.5 Å². The van der Waals surface area contributed by atoms with Gasteiger partial charge in [0.25, 0.3) is 0 Å². The van der Waals surface area contributed by atoms with E-state index in [9.17, 15) is 0 Å². The van der Waals surface area contributed by atoms with Crippen LogP contribution < -0.4 is 10.6 Å². The first-order valence-electron chi connectivity index (χ1n) is 8.81. The van der Waals surface area contributed by atoms with E-state index < -0.39 is 0 Å². The third-order valence-corrected chi connectivity index (χ3v) is 4.36. The first-order chi connectivity index (χ1) is 13.1. The Bertz CT molecular complexity index is 869. The van der Waals surface area contributed by atoms with Crippen LogP contribution in [0.5, 0.6) is 0 Å². The molecule has 0 aliphatic heterocycles. The second-order valence-corrected chi connectivity index (χ2v) is 7.33. The topological polar surface area (TPSA) is 66.0 Å².